The fourth-order valence-corrected chi connectivity index (χ4v) is 5.00. The van der Waals surface area contributed by atoms with Crippen LogP contribution in [0.5, 0.6) is 0 Å². The fourth-order valence-electron chi connectivity index (χ4n) is 5.00. The van der Waals surface area contributed by atoms with E-state index in [2.05, 4.69) is 43.4 Å². The Morgan fingerprint density at radius 3 is 2.64 bits per heavy atom. The number of aromatic nitrogens is 6. The monoisotopic (exact) mass is 483 g/mol. The van der Waals surface area contributed by atoms with Crippen LogP contribution in [0.3, 0.4) is 0 Å². The van der Waals surface area contributed by atoms with E-state index in [1.807, 2.05) is 53.9 Å². The number of rotatable bonds is 5. The minimum Gasteiger partial charge on any atom is -0.342 e. The number of likely N-dealkylation sites (tertiary alicyclic amines) is 1. The molecule has 4 aromatic rings. The molecular weight excluding hydrogens is 454 g/mol. The van der Waals surface area contributed by atoms with E-state index in [1.165, 1.54) is 5.56 Å². The maximum Gasteiger partial charge on any atom is 0.270 e. The van der Waals surface area contributed by atoms with Crippen LogP contribution in [0.4, 0.5) is 17.6 Å². The molecule has 10 heteroatoms. The Morgan fingerprint density at radius 1 is 1.11 bits per heavy atom. The zero-order valence-corrected chi connectivity index (χ0v) is 20.7. The highest BCUT2D eigenvalue weighted by Crippen LogP contribution is 2.28. The summed E-state index contributed by atoms with van der Waals surface area (Å²) in [5.74, 6) is 2.50. The summed E-state index contributed by atoms with van der Waals surface area (Å²) >= 11 is 0. The molecule has 5 heterocycles. The van der Waals surface area contributed by atoms with Gasteiger partial charge in [0, 0.05) is 49.8 Å². The van der Waals surface area contributed by atoms with E-state index in [0.29, 0.717) is 30.2 Å². The molecule has 184 valence electrons. The maximum atomic E-state index is 13.0. The number of carbonyl (C=O) groups is 1. The van der Waals surface area contributed by atoms with E-state index < -0.39 is 0 Å². The first-order valence-corrected chi connectivity index (χ1v) is 12.2. The molecule has 2 aliphatic rings. The number of aromatic amines is 1. The third-order valence-electron chi connectivity index (χ3n) is 7.00. The third kappa shape index (κ3) is 4.08. The lowest BCUT2D eigenvalue weighted by atomic mass is 10.0. The molecule has 1 amide bonds. The van der Waals surface area contributed by atoms with Crippen LogP contribution in [0.1, 0.15) is 34.5 Å². The highest BCUT2D eigenvalue weighted by Gasteiger charge is 2.32. The first-order valence-electron chi connectivity index (χ1n) is 12.2. The van der Waals surface area contributed by atoms with Crippen LogP contribution in [0.25, 0.3) is 11.1 Å². The Kier molecular flexibility index (Phi) is 5.43. The molecule has 0 aliphatic carbocycles. The molecule has 0 radical (unpaired) electrons. The predicted molar refractivity (Wildman–Crippen MR) is 137 cm³/mol. The second kappa shape index (κ2) is 8.78. The number of aryl methyl sites for hydroxylation is 1. The molecule has 1 saturated heterocycles. The molecule has 36 heavy (non-hydrogen) atoms. The van der Waals surface area contributed by atoms with Crippen molar-refractivity contribution in [2.75, 3.05) is 29.9 Å². The van der Waals surface area contributed by atoms with Crippen molar-refractivity contribution < 1.29 is 4.79 Å². The Morgan fingerprint density at radius 2 is 1.92 bits per heavy atom. The smallest absolute Gasteiger partial charge is 0.270 e. The first-order chi connectivity index (χ1) is 17.4. The highest BCUT2D eigenvalue weighted by atomic mass is 16.2. The van der Waals surface area contributed by atoms with Gasteiger partial charge in [-0.25, -0.2) is 0 Å². The van der Waals surface area contributed by atoms with Crippen molar-refractivity contribution in [1.82, 2.24) is 34.6 Å². The number of benzene rings is 1. The van der Waals surface area contributed by atoms with Gasteiger partial charge in [0.15, 0.2) is 0 Å². The van der Waals surface area contributed by atoms with E-state index in [4.69, 9.17) is 4.98 Å². The lowest BCUT2D eigenvalue weighted by Gasteiger charge is -2.37. The Balaban J connectivity index is 1.20. The van der Waals surface area contributed by atoms with Crippen molar-refractivity contribution in [1.29, 1.82) is 0 Å². The largest absolute Gasteiger partial charge is 0.342 e. The molecule has 2 N–H and O–H groups in total. The van der Waals surface area contributed by atoms with Gasteiger partial charge in [-0.1, -0.05) is 19.1 Å². The summed E-state index contributed by atoms with van der Waals surface area (Å²) < 4.78 is 2.04. The van der Waals surface area contributed by atoms with Gasteiger partial charge in [-0.15, -0.1) is 0 Å². The lowest BCUT2D eigenvalue weighted by Crippen LogP contribution is -2.49. The molecule has 10 nitrogen and oxygen atoms in total. The summed E-state index contributed by atoms with van der Waals surface area (Å²) in [6.45, 7) is 7.17. The molecule has 2 aliphatic heterocycles. The number of nitrogens with one attached hydrogen (secondary N) is 2. The highest BCUT2D eigenvalue weighted by molar-refractivity contribution is 5.94. The van der Waals surface area contributed by atoms with Crippen LogP contribution < -0.4 is 10.2 Å². The van der Waals surface area contributed by atoms with Gasteiger partial charge < -0.3 is 19.7 Å². The van der Waals surface area contributed by atoms with Crippen molar-refractivity contribution >= 4 is 23.5 Å². The van der Waals surface area contributed by atoms with Crippen molar-refractivity contribution in [2.24, 2.45) is 13.0 Å². The maximum absolute atomic E-state index is 13.0. The Hall–Kier alpha value is -4.21. The average Bonchev–Trinajstić information content (AvgIpc) is 3.50. The van der Waals surface area contributed by atoms with E-state index in [0.717, 1.165) is 54.3 Å². The molecule has 6 rings (SSSR count). The van der Waals surface area contributed by atoms with Gasteiger partial charge in [-0.2, -0.15) is 20.1 Å². The number of amides is 1. The molecule has 0 spiro atoms. The van der Waals surface area contributed by atoms with Gasteiger partial charge in [0.05, 0.1) is 12.7 Å². The van der Waals surface area contributed by atoms with Gasteiger partial charge in [-0.05, 0) is 48.6 Å². The quantitative estimate of drug-likeness (QED) is 0.448. The van der Waals surface area contributed by atoms with Gasteiger partial charge in [-0.3, -0.25) is 9.89 Å². The van der Waals surface area contributed by atoms with Crippen molar-refractivity contribution in [3.8, 4) is 11.1 Å². The molecule has 1 aromatic carbocycles. The third-order valence-corrected chi connectivity index (χ3v) is 7.00. The summed E-state index contributed by atoms with van der Waals surface area (Å²) in [5, 5.41) is 10.2. The summed E-state index contributed by atoms with van der Waals surface area (Å²) in [4.78, 5) is 30.9. The second-order valence-electron chi connectivity index (χ2n) is 9.74. The standard InChI is InChI=1S/C26H29N9O/c1-16-13-35(14-16)24(36)22-10-19-8-9-34(15-23(19)33(22)3)26-30-17(2)29-25(32-26)31-21-6-4-18(5-7-21)20-11-27-28-12-20/h4-7,10-12,16H,8-9,13-15H2,1-3H3,(H,27,28)(H,29,30,31,32). The van der Waals surface area contributed by atoms with Crippen LogP contribution in [-0.4, -0.2) is 60.2 Å². The molecular formula is C26H29N9O. The van der Waals surface area contributed by atoms with Crippen molar-refractivity contribution in [3.05, 3.63) is 65.5 Å². The minimum absolute atomic E-state index is 0.123. The van der Waals surface area contributed by atoms with Gasteiger partial charge >= 0.3 is 0 Å². The summed E-state index contributed by atoms with van der Waals surface area (Å²) in [7, 11) is 1.98. The van der Waals surface area contributed by atoms with E-state index in [1.54, 1.807) is 6.20 Å². The summed E-state index contributed by atoms with van der Waals surface area (Å²) in [5.41, 5.74) is 6.14. The van der Waals surface area contributed by atoms with Gasteiger partial charge in [0.2, 0.25) is 11.9 Å². The topological polar surface area (TPSA) is 108 Å². The van der Waals surface area contributed by atoms with E-state index in [-0.39, 0.29) is 5.91 Å². The molecule has 3 aromatic heterocycles. The second-order valence-corrected chi connectivity index (χ2v) is 9.74. The fraction of sp³-hybridized carbons (Fsp3) is 0.346. The lowest BCUT2D eigenvalue weighted by molar-refractivity contribution is 0.0520. The minimum atomic E-state index is 0.123. The van der Waals surface area contributed by atoms with Crippen molar-refractivity contribution in [3.63, 3.8) is 0 Å². The van der Waals surface area contributed by atoms with Gasteiger partial charge in [0.25, 0.3) is 5.91 Å². The molecule has 0 bridgehead atoms. The van der Waals surface area contributed by atoms with Crippen LogP contribution in [0.15, 0.2) is 42.7 Å². The predicted octanol–water partition coefficient (Wildman–Crippen LogP) is 3.31. The summed E-state index contributed by atoms with van der Waals surface area (Å²) in [6, 6.07) is 10.1. The molecule has 0 saturated carbocycles. The molecule has 0 unspecified atom stereocenters. The average molecular weight is 484 g/mol. The number of hydrogen-bond acceptors (Lipinski definition) is 7. The first kappa shape index (κ1) is 22.3. The zero-order valence-electron chi connectivity index (χ0n) is 20.7. The SMILES string of the molecule is Cc1nc(Nc2ccc(-c3cn[nH]c3)cc2)nc(N2CCc3cc(C(=O)N4CC(C)C4)n(C)c3C2)n1. The van der Waals surface area contributed by atoms with Crippen LogP contribution in [-0.2, 0) is 20.0 Å². The Bertz CT molecular complexity index is 1400. The number of hydrogen-bond donors (Lipinski definition) is 2. The normalized spacial score (nSPS) is 15.5. The van der Waals surface area contributed by atoms with E-state index >= 15 is 0 Å². The molecule has 1 fully saturated rings. The van der Waals surface area contributed by atoms with Gasteiger partial charge in [0.1, 0.15) is 11.5 Å². The Labute approximate surface area is 209 Å². The van der Waals surface area contributed by atoms with Crippen molar-refractivity contribution in [2.45, 2.75) is 26.8 Å². The number of carbonyl (C=O) groups excluding carboxylic acids is 1. The molecule has 0 atom stereocenters. The van der Waals surface area contributed by atoms with E-state index in [9.17, 15) is 4.79 Å². The van der Waals surface area contributed by atoms with Crippen LogP contribution in [0, 0.1) is 12.8 Å². The van der Waals surface area contributed by atoms with Crippen LogP contribution >= 0.6 is 0 Å². The number of nitrogens with zero attached hydrogens (tertiary/aromatic N) is 7. The number of H-pyrrole nitrogens is 1. The van der Waals surface area contributed by atoms with Crippen LogP contribution in [0.2, 0.25) is 0 Å². The summed E-state index contributed by atoms with van der Waals surface area (Å²) in [6.07, 6.45) is 4.51. The number of fused-ring (bicyclic) bond motifs is 1. The number of anilines is 3. The zero-order chi connectivity index (χ0) is 24.8.